The molecule has 0 spiro atoms. The van der Waals surface area contributed by atoms with E-state index in [9.17, 15) is 13.8 Å². The predicted molar refractivity (Wildman–Crippen MR) is 116 cm³/mol. The highest BCUT2D eigenvalue weighted by Gasteiger charge is 2.28. The maximum Gasteiger partial charge on any atom is 0.308 e. The summed E-state index contributed by atoms with van der Waals surface area (Å²) >= 11 is 0. The van der Waals surface area contributed by atoms with E-state index in [1.807, 2.05) is 30.3 Å². The van der Waals surface area contributed by atoms with Crippen molar-refractivity contribution in [2.45, 2.75) is 24.5 Å². The van der Waals surface area contributed by atoms with Crippen LogP contribution in [0.25, 0.3) is 10.8 Å². The number of hydrogen-bond donors (Lipinski definition) is 0. The second-order valence-corrected chi connectivity index (χ2v) is 7.99. The van der Waals surface area contributed by atoms with E-state index in [1.165, 1.54) is 28.1 Å². The highest BCUT2D eigenvalue weighted by molar-refractivity contribution is 7.84. The number of hydrogen-bond acceptors (Lipinski definition) is 7. The van der Waals surface area contributed by atoms with E-state index < -0.39 is 22.7 Å². The molecule has 7 nitrogen and oxygen atoms in total. The normalized spacial score (nSPS) is 11.6. The van der Waals surface area contributed by atoms with E-state index in [-0.39, 0.29) is 28.8 Å². The fraction of sp³-hybridized carbons (Fsp3) is 0.217. The minimum absolute atomic E-state index is 0.0507. The lowest BCUT2D eigenvalue weighted by Crippen LogP contribution is -2.09. The zero-order valence-electron chi connectivity index (χ0n) is 17.6. The monoisotopic (exact) mass is 442 g/mol. The van der Waals surface area contributed by atoms with Crippen molar-refractivity contribution in [2.75, 3.05) is 14.2 Å². The zero-order chi connectivity index (χ0) is 22.5. The van der Waals surface area contributed by atoms with E-state index in [0.717, 1.165) is 5.56 Å². The van der Waals surface area contributed by atoms with Gasteiger partial charge in [-0.3, -0.25) is 13.8 Å². The van der Waals surface area contributed by atoms with Gasteiger partial charge < -0.3 is 18.9 Å². The Morgan fingerprint density at radius 3 is 1.94 bits per heavy atom. The lowest BCUT2D eigenvalue weighted by molar-refractivity contribution is -0.133. The molecule has 3 aromatic rings. The number of fused-ring (bicyclic) bond motifs is 1. The molecule has 162 valence electrons. The summed E-state index contributed by atoms with van der Waals surface area (Å²) in [5.41, 5.74) is 0.882. The van der Waals surface area contributed by atoms with Crippen LogP contribution in [0.1, 0.15) is 19.4 Å². The first-order valence-corrected chi connectivity index (χ1v) is 10.7. The van der Waals surface area contributed by atoms with Gasteiger partial charge in [-0.1, -0.05) is 42.5 Å². The Hall–Kier alpha value is -3.39. The van der Waals surface area contributed by atoms with Crippen molar-refractivity contribution >= 4 is 33.5 Å². The van der Waals surface area contributed by atoms with Crippen LogP contribution in [0.15, 0.2) is 53.4 Å². The summed E-state index contributed by atoms with van der Waals surface area (Å²) in [6.07, 6.45) is 0. The van der Waals surface area contributed by atoms with Crippen molar-refractivity contribution in [2.24, 2.45) is 0 Å². The third-order valence-electron chi connectivity index (χ3n) is 4.40. The SMILES string of the molecule is COc1c(OC)c(OC(C)=O)c2c(S(=O)Cc3ccccc3)cccc2c1OC(C)=O. The first kappa shape index (κ1) is 22.3. The number of carbonyl (C=O) groups excluding carboxylic acids is 2. The van der Waals surface area contributed by atoms with E-state index >= 15 is 0 Å². The third kappa shape index (κ3) is 4.69. The van der Waals surface area contributed by atoms with E-state index in [2.05, 4.69) is 0 Å². The molecular weight excluding hydrogens is 420 g/mol. The first-order valence-electron chi connectivity index (χ1n) is 9.37. The second-order valence-electron chi connectivity index (χ2n) is 6.57. The van der Waals surface area contributed by atoms with E-state index in [0.29, 0.717) is 15.7 Å². The van der Waals surface area contributed by atoms with Crippen molar-refractivity contribution in [1.82, 2.24) is 0 Å². The Kier molecular flexibility index (Phi) is 6.91. The van der Waals surface area contributed by atoms with Gasteiger partial charge in [-0.05, 0) is 11.6 Å². The van der Waals surface area contributed by atoms with Crippen LogP contribution in [-0.4, -0.2) is 30.4 Å². The molecule has 0 N–H and O–H groups in total. The van der Waals surface area contributed by atoms with Gasteiger partial charge in [-0.25, -0.2) is 0 Å². The van der Waals surface area contributed by atoms with Crippen molar-refractivity contribution < 1.29 is 32.7 Å². The van der Waals surface area contributed by atoms with Gasteiger partial charge in [0.05, 0.1) is 35.7 Å². The highest BCUT2D eigenvalue weighted by atomic mass is 32.2. The van der Waals surface area contributed by atoms with Crippen LogP contribution in [0.2, 0.25) is 0 Å². The average molecular weight is 442 g/mol. The molecular formula is C23H22O7S. The molecule has 1 unspecified atom stereocenters. The average Bonchev–Trinajstić information content (AvgIpc) is 2.74. The molecule has 0 aromatic heterocycles. The van der Waals surface area contributed by atoms with Crippen LogP contribution < -0.4 is 18.9 Å². The molecule has 0 aliphatic heterocycles. The molecule has 1 atom stereocenters. The Morgan fingerprint density at radius 1 is 0.774 bits per heavy atom. The van der Waals surface area contributed by atoms with Gasteiger partial charge in [0.1, 0.15) is 0 Å². The summed E-state index contributed by atoms with van der Waals surface area (Å²) in [5.74, 6) is -0.621. The number of esters is 2. The molecule has 0 amide bonds. The van der Waals surface area contributed by atoms with Gasteiger partial charge in [0.15, 0.2) is 11.5 Å². The summed E-state index contributed by atoms with van der Waals surface area (Å²) in [6.45, 7) is 2.51. The maximum absolute atomic E-state index is 13.3. The summed E-state index contributed by atoms with van der Waals surface area (Å²) < 4.78 is 35.1. The molecule has 0 aliphatic rings. The molecule has 31 heavy (non-hydrogen) atoms. The smallest absolute Gasteiger partial charge is 0.308 e. The van der Waals surface area contributed by atoms with Crippen LogP contribution in [0.4, 0.5) is 0 Å². The summed E-state index contributed by atoms with van der Waals surface area (Å²) in [7, 11) is 1.25. The summed E-state index contributed by atoms with van der Waals surface area (Å²) in [5, 5.41) is 0.754. The van der Waals surface area contributed by atoms with Crippen molar-refractivity contribution in [3.8, 4) is 23.0 Å². The van der Waals surface area contributed by atoms with Crippen LogP contribution in [0.3, 0.4) is 0 Å². The Labute approximate surface area is 182 Å². The highest BCUT2D eigenvalue weighted by Crippen LogP contribution is 2.52. The van der Waals surface area contributed by atoms with Gasteiger partial charge >= 0.3 is 11.9 Å². The Bertz CT molecular complexity index is 1160. The van der Waals surface area contributed by atoms with Gasteiger partial charge in [0.2, 0.25) is 11.5 Å². The molecule has 0 fully saturated rings. The molecule has 0 saturated carbocycles. The van der Waals surface area contributed by atoms with Gasteiger partial charge in [-0.15, -0.1) is 0 Å². The zero-order valence-corrected chi connectivity index (χ0v) is 18.4. The second kappa shape index (κ2) is 9.61. The number of rotatable bonds is 7. The predicted octanol–water partition coefficient (Wildman–Crippen LogP) is 4.02. The van der Waals surface area contributed by atoms with E-state index in [4.69, 9.17) is 18.9 Å². The Balaban J connectivity index is 2.34. The lowest BCUT2D eigenvalue weighted by Gasteiger charge is -2.20. The van der Waals surface area contributed by atoms with Crippen molar-refractivity contribution in [1.29, 1.82) is 0 Å². The molecule has 3 rings (SSSR count). The first-order chi connectivity index (χ1) is 14.9. The number of ether oxygens (including phenoxy) is 4. The molecule has 0 aliphatic carbocycles. The number of methoxy groups -OCH3 is 2. The fourth-order valence-electron chi connectivity index (χ4n) is 3.25. The lowest BCUT2D eigenvalue weighted by atomic mass is 10.1. The van der Waals surface area contributed by atoms with Gasteiger partial charge in [0.25, 0.3) is 0 Å². The quantitative estimate of drug-likeness (QED) is 0.403. The van der Waals surface area contributed by atoms with Gasteiger partial charge in [0, 0.05) is 24.6 Å². The number of benzene rings is 3. The molecule has 0 radical (unpaired) electrons. The topological polar surface area (TPSA) is 88.1 Å². The number of carbonyl (C=O) groups is 2. The Morgan fingerprint density at radius 2 is 1.35 bits per heavy atom. The standard InChI is InChI=1S/C23H22O7S/c1-14(24)29-20-17-11-8-12-18(31(26)13-16-9-6-5-7-10-16)19(17)21(30-15(2)25)23(28-4)22(20)27-3/h5-12H,13H2,1-4H3. The summed E-state index contributed by atoms with van der Waals surface area (Å²) in [4.78, 5) is 24.1. The fourth-order valence-corrected chi connectivity index (χ4v) is 4.56. The molecule has 0 bridgehead atoms. The van der Waals surface area contributed by atoms with Crippen LogP contribution >= 0.6 is 0 Å². The van der Waals surface area contributed by atoms with E-state index in [1.54, 1.807) is 18.2 Å². The molecule has 8 heteroatoms. The largest absolute Gasteiger partial charge is 0.490 e. The minimum Gasteiger partial charge on any atom is -0.490 e. The van der Waals surface area contributed by atoms with Crippen molar-refractivity contribution in [3.63, 3.8) is 0 Å². The van der Waals surface area contributed by atoms with Crippen LogP contribution in [0.5, 0.6) is 23.0 Å². The summed E-state index contributed by atoms with van der Waals surface area (Å²) in [6, 6.07) is 14.4. The molecule has 3 aromatic carbocycles. The molecule has 0 heterocycles. The maximum atomic E-state index is 13.3. The van der Waals surface area contributed by atoms with Crippen molar-refractivity contribution in [3.05, 3.63) is 54.1 Å². The minimum atomic E-state index is -1.50. The molecule has 0 saturated heterocycles. The van der Waals surface area contributed by atoms with Crippen LogP contribution in [0, 0.1) is 0 Å². The third-order valence-corrected chi connectivity index (χ3v) is 5.83. The van der Waals surface area contributed by atoms with Crippen LogP contribution in [-0.2, 0) is 26.1 Å². The van der Waals surface area contributed by atoms with Gasteiger partial charge in [-0.2, -0.15) is 0 Å².